The van der Waals surface area contributed by atoms with E-state index in [1.165, 1.54) is 0 Å². The molecule has 1 aliphatic heterocycles. The summed E-state index contributed by atoms with van der Waals surface area (Å²) in [4.78, 5) is 14.8. The van der Waals surface area contributed by atoms with Gasteiger partial charge in [0, 0.05) is 0 Å². The van der Waals surface area contributed by atoms with Crippen LogP contribution in [0.15, 0.2) is 34.5 Å². The number of rotatable bonds is 0. The second kappa shape index (κ2) is 2.85. The molecule has 13 heavy (non-hydrogen) atoms. The zero-order chi connectivity index (χ0) is 9.26. The van der Waals surface area contributed by atoms with Crippen molar-refractivity contribution in [3.05, 3.63) is 24.3 Å². The fraction of sp³-hybridized carbons (Fsp3) is 0.125. The van der Waals surface area contributed by atoms with Crippen LogP contribution in [0.4, 0.5) is 0 Å². The van der Waals surface area contributed by atoms with Gasteiger partial charge in [0.1, 0.15) is 0 Å². The summed E-state index contributed by atoms with van der Waals surface area (Å²) in [6.07, 6.45) is 6.48. The fourth-order valence-corrected chi connectivity index (χ4v) is 1.11. The van der Waals surface area contributed by atoms with E-state index in [4.69, 9.17) is 9.94 Å². The van der Waals surface area contributed by atoms with Crippen molar-refractivity contribution >= 4 is 17.5 Å². The second-order valence-corrected chi connectivity index (χ2v) is 2.53. The first kappa shape index (κ1) is 7.72. The molecule has 0 bridgehead atoms. The third-order valence-corrected chi connectivity index (χ3v) is 1.70. The number of allylic oxidation sites excluding steroid dienone is 2. The van der Waals surface area contributed by atoms with Crippen LogP contribution >= 0.6 is 0 Å². The normalized spacial score (nSPS) is 28.3. The maximum absolute atomic E-state index is 11.0. The Balaban J connectivity index is 2.40. The number of esters is 1. The molecule has 0 saturated carbocycles. The lowest BCUT2D eigenvalue weighted by molar-refractivity contribution is -0.137. The Morgan fingerprint density at radius 2 is 2.38 bits per heavy atom. The largest absolute Gasteiger partial charge is 0.446 e. The van der Waals surface area contributed by atoms with E-state index >= 15 is 0 Å². The number of carbonyl (C=O) groups is 1. The van der Waals surface area contributed by atoms with Crippen LogP contribution in [0.5, 0.6) is 0 Å². The fourth-order valence-electron chi connectivity index (χ4n) is 1.11. The van der Waals surface area contributed by atoms with Crippen LogP contribution in [0.1, 0.15) is 0 Å². The summed E-state index contributed by atoms with van der Waals surface area (Å²) in [5.41, 5.74) is 0.565. The van der Waals surface area contributed by atoms with Gasteiger partial charge >= 0.3 is 5.97 Å². The molecule has 0 aromatic heterocycles. The molecule has 0 spiro atoms. The Morgan fingerprint density at radius 1 is 1.54 bits per heavy atom. The van der Waals surface area contributed by atoms with Gasteiger partial charge in [0.2, 0.25) is 0 Å². The molecular formula is C8H6N2O3. The van der Waals surface area contributed by atoms with Gasteiger partial charge in [0.15, 0.2) is 6.10 Å². The minimum Gasteiger partial charge on any atom is -0.446 e. The maximum atomic E-state index is 11.0. The minimum atomic E-state index is -0.712. The van der Waals surface area contributed by atoms with E-state index in [0.29, 0.717) is 5.71 Å². The first-order chi connectivity index (χ1) is 6.31. The summed E-state index contributed by atoms with van der Waals surface area (Å²) in [5, 5.41) is 11.1. The number of fused-ring (bicyclic) bond motifs is 1. The van der Waals surface area contributed by atoms with Gasteiger partial charge < -0.3 is 9.94 Å². The van der Waals surface area contributed by atoms with Crippen LogP contribution < -0.4 is 0 Å². The molecule has 0 aromatic carbocycles. The van der Waals surface area contributed by atoms with Crippen molar-refractivity contribution in [1.29, 1.82) is 0 Å². The van der Waals surface area contributed by atoms with Crippen LogP contribution in [-0.2, 0) is 9.53 Å². The first-order valence-corrected chi connectivity index (χ1v) is 3.68. The molecule has 0 amide bonds. The Bertz CT molecular complexity index is 366. The van der Waals surface area contributed by atoms with Crippen molar-refractivity contribution < 1.29 is 14.7 Å². The molecular weight excluding hydrogens is 172 g/mol. The third kappa shape index (κ3) is 1.24. The summed E-state index contributed by atoms with van der Waals surface area (Å²) in [6, 6.07) is 0. The third-order valence-electron chi connectivity index (χ3n) is 1.70. The average molecular weight is 178 g/mol. The summed E-state index contributed by atoms with van der Waals surface area (Å²) in [6.45, 7) is 0. The number of oxime groups is 1. The van der Waals surface area contributed by atoms with E-state index in [2.05, 4.69) is 10.1 Å². The minimum absolute atomic E-state index is 0.314. The van der Waals surface area contributed by atoms with Crippen molar-refractivity contribution in [1.82, 2.24) is 0 Å². The van der Waals surface area contributed by atoms with Gasteiger partial charge in [-0.25, -0.2) is 9.79 Å². The van der Waals surface area contributed by atoms with E-state index in [0.717, 1.165) is 0 Å². The van der Waals surface area contributed by atoms with E-state index in [1.54, 1.807) is 24.3 Å². The van der Waals surface area contributed by atoms with Crippen LogP contribution in [0.2, 0.25) is 0 Å². The summed E-state index contributed by atoms with van der Waals surface area (Å²) in [7, 11) is 0. The standard InChI is InChI=1S/C8H6N2O3/c11-8-7(10-12)9-5-3-1-2-4-6(5)13-8/h1-4,6,12H/b10-7+. The van der Waals surface area contributed by atoms with Crippen LogP contribution in [0, 0.1) is 0 Å². The highest BCUT2D eigenvalue weighted by Crippen LogP contribution is 2.11. The summed E-state index contributed by atoms with van der Waals surface area (Å²) in [5.74, 6) is -1.03. The van der Waals surface area contributed by atoms with Gasteiger partial charge in [-0.1, -0.05) is 17.3 Å². The molecule has 66 valence electrons. The number of hydrogen-bond donors (Lipinski definition) is 1. The van der Waals surface area contributed by atoms with Gasteiger partial charge in [-0.3, -0.25) is 0 Å². The van der Waals surface area contributed by atoms with Crippen molar-refractivity contribution in [2.24, 2.45) is 10.1 Å². The van der Waals surface area contributed by atoms with E-state index in [1.807, 2.05) is 0 Å². The van der Waals surface area contributed by atoms with Gasteiger partial charge in [-0.15, -0.1) is 0 Å². The van der Waals surface area contributed by atoms with Gasteiger partial charge in [-0.05, 0) is 12.2 Å². The second-order valence-electron chi connectivity index (χ2n) is 2.53. The average Bonchev–Trinajstić information content (AvgIpc) is 2.17. The van der Waals surface area contributed by atoms with Crippen LogP contribution in [-0.4, -0.2) is 28.8 Å². The number of amidine groups is 1. The van der Waals surface area contributed by atoms with Gasteiger partial charge in [0.25, 0.3) is 5.84 Å². The SMILES string of the molecule is O=C1OC2C=CC=CC2=N/C1=N/O. The molecule has 1 N–H and O–H groups in total. The van der Waals surface area contributed by atoms with Crippen molar-refractivity contribution in [3.8, 4) is 0 Å². The van der Waals surface area contributed by atoms with Crippen molar-refractivity contribution in [2.75, 3.05) is 0 Å². The van der Waals surface area contributed by atoms with Crippen molar-refractivity contribution in [3.63, 3.8) is 0 Å². The summed E-state index contributed by atoms with van der Waals surface area (Å²) < 4.78 is 4.90. The number of carbonyl (C=O) groups excluding carboxylic acids is 1. The molecule has 1 heterocycles. The molecule has 0 fully saturated rings. The highest BCUT2D eigenvalue weighted by molar-refractivity contribution is 6.40. The zero-order valence-corrected chi connectivity index (χ0v) is 6.54. The predicted octanol–water partition coefficient (Wildman–Crippen LogP) is 0.267. The van der Waals surface area contributed by atoms with E-state index in [-0.39, 0.29) is 5.84 Å². The summed E-state index contributed by atoms with van der Waals surface area (Å²) >= 11 is 0. The highest BCUT2D eigenvalue weighted by atomic mass is 16.6. The Hall–Kier alpha value is -1.91. The molecule has 5 nitrogen and oxygen atoms in total. The topological polar surface area (TPSA) is 71.2 Å². The number of hydrogen-bond acceptors (Lipinski definition) is 4. The lowest BCUT2D eigenvalue weighted by Crippen LogP contribution is -2.35. The molecule has 2 rings (SSSR count). The Labute approximate surface area is 73.7 Å². The van der Waals surface area contributed by atoms with E-state index in [9.17, 15) is 4.79 Å². The maximum Gasteiger partial charge on any atom is 0.380 e. The number of aliphatic imine (C=N–C) groups is 1. The molecule has 0 radical (unpaired) electrons. The quantitative estimate of drug-likeness (QED) is 0.328. The van der Waals surface area contributed by atoms with Crippen molar-refractivity contribution in [2.45, 2.75) is 6.10 Å². The lowest BCUT2D eigenvalue weighted by Gasteiger charge is -2.20. The zero-order valence-electron chi connectivity index (χ0n) is 6.54. The predicted molar refractivity (Wildman–Crippen MR) is 44.8 cm³/mol. The molecule has 5 heteroatoms. The van der Waals surface area contributed by atoms with Crippen LogP contribution in [0.3, 0.4) is 0 Å². The van der Waals surface area contributed by atoms with Crippen LogP contribution in [0.25, 0.3) is 0 Å². The smallest absolute Gasteiger partial charge is 0.380 e. The number of ether oxygens (including phenoxy) is 1. The lowest BCUT2D eigenvalue weighted by atomic mass is 10.1. The molecule has 1 aliphatic carbocycles. The van der Waals surface area contributed by atoms with Gasteiger partial charge in [0.05, 0.1) is 5.71 Å². The Morgan fingerprint density at radius 3 is 3.15 bits per heavy atom. The molecule has 0 saturated heterocycles. The molecule has 2 aliphatic rings. The molecule has 1 unspecified atom stereocenters. The molecule has 0 aromatic rings. The Kier molecular flexibility index (Phi) is 1.70. The monoisotopic (exact) mass is 178 g/mol. The van der Waals surface area contributed by atoms with Gasteiger partial charge in [-0.2, -0.15) is 0 Å². The first-order valence-electron chi connectivity index (χ1n) is 3.68. The van der Waals surface area contributed by atoms with E-state index < -0.39 is 12.1 Å². The highest BCUT2D eigenvalue weighted by Gasteiger charge is 2.27. The number of nitrogens with zero attached hydrogens (tertiary/aromatic N) is 2. The molecule has 1 atom stereocenters.